The van der Waals surface area contributed by atoms with Crippen LogP contribution in [-0.4, -0.2) is 34.6 Å². The van der Waals surface area contributed by atoms with E-state index in [1.54, 1.807) is 48.0 Å². The van der Waals surface area contributed by atoms with Crippen LogP contribution in [0.1, 0.15) is 24.2 Å². The molecule has 0 unspecified atom stereocenters. The molecule has 36 heavy (non-hydrogen) atoms. The Morgan fingerprint density at radius 2 is 1.92 bits per heavy atom. The summed E-state index contributed by atoms with van der Waals surface area (Å²) in [6.07, 6.45) is 2.55. The molecule has 3 heterocycles. The van der Waals surface area contributed by atoms with Crippen LogP contribution in [0.4, 0.5) is 10.1 Å². The molecular formula is C25H24FN7O3. The zero-order valence-corrected chi connectivity index (χ0v) is 19.8. The van der Waals surface area contributed by atoms with Gasteiger partial charge in [-0.3, -0.25) is 18.7 Å². The molecule has 0 fully saturated rings. The van der Waals surface area contributed by atoms with E-state index in [0.717, 1.165) is 15.6 Å². The predicted octanol–water partition coefficient (Wildman–Crippen LogP) is 2.46. The lowest BCUT2D eigenvalue weighted by atomic mass is 10.1. The van der Waals surface area contributed by atoms with Gasteiger partial charge >= 0.3 is 5.69 Å². The molecule has 0 saturated carbocycles. The number of carbonyl (C=O) groups excluding carboxylic acids is 1. The van der Waals surface area contributed by atoms with E-state index < -0.39 is 11.2 Å². The third kappa shape index (κ3) is 4.30. The van der Waals surface area contributed by atoms with Crippen LogP contribution in [0.25, 0.3) is 22.2 Å². The number of rotatable bonds is 7. The Bertz CT molecular complexity index is 1730. The number of aryl methyl sites for hydroxylation is 2. The van der Waals surface area contributed by atoms with E-state index in [-0.39, 0.29) is 18.1 Å². The average molecular weight is 490 g/mol. The molecule has 11 heteroatoms. The van der Waals surface area contributed by atoms with E-state index in [0.29, 0.717) is 47.6 Å². The molecule has 1 amide bonds. The molecule has 0 aliphatic carbocycles. The number of benzene rings is 2. The van der Waals surface area contributed by atoms with E-state index in [2.05, 4.69) is 20.3 Å². The fraction of sp³-hybridized carbons (Fsp3) is 0.240. The normalized spacial score (nSPS) is 11.4. The second-order valence-corrected chi connectivity index (χ2v) is 8.65. The molecule has 0 aliphatic heterocycles. The molecule has 0 spiro atoms. The van der Waals surface area contributed by atoms with Crippen LogP contribution in [0.15, 0.2) is 58.4 Å². The Kier molecular flexibility index (Phi) is 5.96. The van der Waals surface area contributed by atoms with Crippen molar-refractivity contribution in [1.29, 1.82) is 0 Å². The quantitative estimate of drug-likeness (QED) is 0.364. The first-order chi connectivity index (χ1) is 17.3. The van der Waals surface area contributed by atoms with Gasteiger partial charge in [0.1, 0.15) is 11.6 Å². The summed E-state index contributed by atoms with van der Waals surface area (Å²) in [4.78, 5) is 49.0. The number of nitrogens with one attached hydrogen (secondary N) is 2. The van der Waals surface area contributed by atoms with Gasteiger partial charge in [-0.1, -0.05) is 18.2 Å². The molecule has 5 rings (SSSR count). The van der Waals surface area contributed by atoms with Crippen molar-refractivity contribution in [2.45, 2.75) is 25.8 Å². The summed E-state index contributed by atoms with van der Waals surface area (Å²) in [7, 11) is 2.99. The number of carbonyl (C=O) groups is 1. The molecule has 5 aromatic rings. The van der Waals surface area contributed by atoms with Crippen molar-refractivity contribution in [3.63, 3.8) is 0 Å². The van der Waals surface area contributed by atoms with Crippen molar-refractivity contribution in [3.8, 4) is 0 Å². The van der Waals surface area contributed by atoms with Gasteiger partial charge in [0.15, 0.2) is 11.2 Å². The number of H-pyrrole nitrogens is 1. The molecule has 0 saturated heterocycles. The van der Waals surface area contributed by atoms with Gasteiger partial charge in [0.25, 0.3) is 5.56 Å². The highest BCUT2D eigenvalue weighted by atomic mass is 19.1. The van der Waals surface area contributed by atoms with Crippen LogP contribution in [0.2, 0.25) is 0 Å². The number of aromatic nitrogens is 6. The first-order valence-corrected chi connectivity index (χ1v) is 11.4. The van der Waals surface area contributed by atoms with Gasteiger partial charge in [0.05, 0.1) is 17.4 Å². The predicted molar refractivity (Wildman–Crippen MR) is 133 cm³/mol. The van der Waals surface area contributed by atoms with Gasteiger partial charge in [-0.05, 0) is 36.2 Å². The maximum absolute atomic E-state index is 14.0. The molecule has 0 aliphatic rings. The molecule has 2 aromatic carbocycles. The summed E-state index contributed by atoms with van der Waals surface area (Å²) in [5.74, 6) is 0.180. The molecule has 2 N–H and O–H groups in total. The molecular weight excluding hydrogens is 465 g/mol. The first kappa shape index (κ1) is 23.2. The van der Waals surface area contributed by atoms with E-state index in [9.17, 15) is 18.8 Å². The van der Waals surface area contributed by atoms with Crippen LogP contribution < -0.4 is 16.6 Å². The Morgan fingerprint density at radius 1 is 1.11 bits per heavy atom. The Morgan fingerprint density at radius 3 is 2.72 bits per heavy atom. The fourth-order valence-electron chi connectivity index (χ4n) is 4.25. The number of hydrogen-bond acceptors (Lipinski definition) is 5. The van der Waals surface area contributed by atoms with Crippen LogP contribution in [0, 0.1) is 5.82 Å². The summed E-state index contributed by atoms with van der Waals surface area (Å²) < 4.78 is 18.0. The van der Waals surface area contributed by atoms with Gasteiger partial charge in [-0.25, -0.2) is 19.2 Å². The average Bonchev–Trinajstić information content (AvgIpc) is 3.46. The molecule has 0 radical (unpaired) electrons. The topological polar surface area (TPSA) is 120 Å². The molecule has 3 aromatic heterocycles. The Hall–Kier alpha value is -4.54. The summed E-state index contributed by atoms with van der Waals surface area (Å²) in [6, 6.07) is 11.9. The summed E-state index contributed by atoms with van der Waals surface area (Å²) >= 11 is 0. The summed E-state index contributed by atoms with van der Waals surface area (Å²) in [5.41, 5.74) is 2.42. The maximum atomic E-state index is 14.0. The first-order valence-electron chi connectivity index (χ1n) is 11.4. The van der Waals surface area contributed by atoms with Crippen molar-refractivity contribution in [2.24, 2.45) is 14.1 Å². The highest BCUT2D eigenvalue weighted by Gasteiger charge is 2.14. The number of amides is 1. The Labute approximate surface area is 204 Å². The number of halogens is 1. The third-order valence-corrected chi connectivity index (χ3v) is 6.15. The highest BCUT2D eigenvalue weighted by molar-refractivity contribution is 5.93. The second kappa shape index (κ2) is 9.25. The van der Waals surface area contributed by atoms with Crippen LogP contribution in [-0.2, 0) is 31.9 Å². The maximum Gasteiger partial charge on any atom is 0.332 e. The van der Waals surface area contributed by atoms with Crippen LogP contribution in [0.5, 0.6) is 0 Å². The number of nitrogens with zero attached hydrogens (tertiary/aromatic N) is 5. The monoisotopic (exact) mass is 489 g/mol. The highest BCUT2D eigenvalue weighted by Crippen LogP contribution is 2.20. The number of aromatic amines is 1. The lowest BCUT2D eigenvalue weighted by molar-refractivity contribution is -0.116. The number of anilines is 1. The van der Waals surface area contributed by atoms with Crippen molar-refractivity contribution in [1.82, 2.24) is 28.7 Å². The number of imidazole rings is 2. The van der Waals surface area contributed by atoms with Crippen LogP contribution >= 0.6 is 0 Å². The minimum absolute atomic E-state index is 0.176. The minimum Gasteiger partial charge on any atom is -0.342 e. The smallest absolute Gasteiger partial charge is 0.332 e. The number of hydrogen-bond donors (Lipinski definition) is 2. The molecule has 10 nitrogen and oxygen atoms in total. The van der Waals surface area contributed by atoms with Gasteiger partial charge in [0.2, 0.25) is 5.91 Å². The molecule has 184 valence electrons. The zero-order chi connectivity index (χ0) is 25.4. The standard InChI is InChI=1S/C25H24FN7O3/c1-31-23-22(24(35)32(2)25(31)36)33(14-27-23)11-5-8-21(34)28-16-9-10-18-19(13-16)30-20(29-18)12-15-6-3-4-7-17(15)26/h3-4,6-7,9-10,13-14H,5,8,11-12H2,1-2H3,(H,28,34)(H,29,30). The fourth-order valence-corrected chi connectivity index (χ4v) is 4.25. The molecule has 0 bridgehead atoms. The van der Waals surface area contributed by atoms with E-state index in [1.165, 1.54) is 24.0 Å². The van der Waals surface area contributed by atoms with Crippen molar-refractivity contribution >= 4 is 33.8 Å². The van der Waals surface area contributed by atoms with Crippen molar-refractivity contribution in [3.05, 3.63) is 86.8 Å². The Balaban J connectivity index is 1.23. The van der Waals surface area contributed by atoms with E-state index >= 15 is 0 Å². The largest absolute Gasteiger partial charge is 0.342 e. The van der Waals surface area contributed by atoms with Crippen molar-refractivity contribution in [2.75, 3.05) is 5.32 Å². The van der Waals surface area contributed by atoms with Crippen molar-refractivity contribution < 1.29 is 9.18 Å². The van der Waals surface area contributed by atoms with Gasteiger partial charge in [-0.15, -0.1) is 0 Å². The lowest BCUT2D eigenvalue weighted by Gasteiger charge is -2.07. The summed E-state index contributed by atoms with van der Waals surface area (Å²) in [5, 5.41) is 2.87. The van der Waals surface area contributed by atoms with E-state index in [1.807, 2.05) is 0 Å². The summed E-state index contributed by atoms with van der Waals surface area (Å²) in [6.45, 7) is 0.399. The third-order valence-electron chi connectivity index (χ3n) is 6.15. The minimum atomic E-state index is -0.439. The zero-order valence-electron chi connectivity index (χ0n) is 19.8. The molecule has 0 atom stereocenters. The number of fused-ring (bicyclic) bond motifs is 2. The van der Waals surface area contributed by atoms with E-state index in [4.69, 9.17) is 0 Å². The SMILES string of the molecule is Cn1c(=O)c2c(ncn2CCCC(=O)Nc2ccc3nc(Cc4ccccc4F)[nH]c3c2)n(C)c1=O. The second-order valence-electron chi connectivity index (χ2n) is 8.65. The van der Waals surface area contributed by atoms with Gasteiger partial charge in [-0.2, -0.15) is 0 Å². The lowest BCUT2D eigenvalue weighted by Crippen LogP contribution is -2.37. The van der Waals surface area contributed by atoms with Gasteiger partial charge < -0.3 is 14.9 Å². The van der Waals surface area contributed by atoms with Crippen LogP contribution in [0.3, 0.4) is 0 Å². The van der Waals surface area contributed by atoms with Gasteiger partial charge in [0, 0.05) is 39.2 Å².